The van der Waals surface area contributed by atoms with Gasteiger partial charge in [0.25, 0.3) is 0 Å². The van der Waals surface area contributed by atoms with Gasteiger partial charge in [-0.2, -0.15) is 0 Å². The van der Waals surface area contributed by atoms with Crippen LogP contribution in [-0.4, -0.2) is 12.6 Å². The third kappa shape index (κ3) is 3.34. The SMILES string of the molecule is CCOC(=O)c1cc(C)c(-c2ccccc2)c(C)c1-c1ccccc1. The summed E-state index contributed by atoms with van der Waals surface area (Å²) in [5, 5.41) is 0. The molecule has 3 rings (SSSR count). The van der Waals surface area contributed by atoms with Gasteiger partial charge in [-0.25, -0.2) is 4.79 Å². The van der Waals surface area contributed by atoms with E-state index in [1.165, 1.54) is 5.56 Å². The Morgan fingerprint density at radius 3 is 1.88 bits per heavy atom. The molecule has 0 amide bonds. The Balaban J connectivity index is 2.30. The monoisotopic (exact) mass is 330 g/mol. The summed E-state index contributed by atoms with van der Waals surface area (Å²) in [7, 11) is 0. The van der Waals surface area contributed by atoms with Gasteiger partial charge < -0.3 is 4.74 Å². The highest BCUT2D eigenvalue weighted by molar-refractivity contribution is 6.00. The number of carbonyl (C=O) groups excluding carboxylic acids is 1. The Labute approximate surface area is 149 Å². The van der Waals surface area contributed by atoms with Crippen LogP contribution in [-0.2, 0) is 4.74 Å². The Morgan fingerprint density at radius 2 is 1.36 bits per heavy atom. The molecular formula is C23H22O2. The van der Waals surface area contributed by atoms with E-state index in [1.54, 1.807) is 0 Å². The van der Waals surface area contributed by atoms with Gasteiger partial charge in [0.2, 0.25) is 0 Å². The Bertz CT molecular complexity index is 881. The molecule has 0 aliphatic heterocycles. The fourth-order valence-corrected chi connectivity index (χ4v) is 3.38. The van der Waals surface area contributed by atoms with Gasteiger partial charge in [0.1, 0.15) is 0 Å². The summed E-state index contributed by atoms with van der Waals surface area (Å²) in [6, 6.07) is 22.3. The minimum Gasteiger partial charge on any atom is -0.462 e. The Morgan fingerprint density at radius 1 is 0.840 bits per heavy atom. The molecule has 3 aromatic carbocycles. The van der Waals surface area contributed by atoms with Crippen molar-refractivity contribution in [1.82, 2.24) is 0 Å². The summed E-state index contributed by atoms with van der Waals surface area (Å²) in [5.74, 6) is -0.271. The van der Waals surface area contributed by atoms with Gasteiger partial charge in [0.05, 0.1) is 12.2 Å². The first kappa shape index (κ1) is 17.0. The molecule has 0 saturated heterocycles. The van der Waals surface area contributed by atoms with Crippen LogP contribution in [0.1, 0.15) is 28.4 Å². The zero-order valence-corrected chi connectivity index (χ0v) is 14.9. The molecular weight excluding hydrogens is 308 g/mol. The Kier molecular flexibility index (Phi) is 4.99. The topological polar surface area (TPSA) is 26.3 Å². The summed E-state index contributed by atoms with van der Waals surface area (Å²) < 4.78 is 5.31. The molecule has 2 nitrogen and oxygen atoms in total. The van der Waals surface area contributed by atoms with Crippen LogP contribution in [0.2, 0.25) is 0 Å². The van der Waals surface area contributed by atoms with Crippen molar-refractivity contribution in [3.8, 4) is 22.3 Å². The van der Waals surface area contributed by atoms with Crippen LogP contribution in [0.25, 0.3) is 22.3 Å². The maximum absolute atomic E-state index is 12.6. The second-order valence-corrected chi connectivity index (χ2v) is 6.07. The quantitative estimate of drug-likeness (QED) is 0.564. The Hall–Kier alpha value is -2.87. The zero-order valence-electron chi connectivity index (χ0n) is 14.9. The lowest BCUT2D eigenvalue weighted by Gasteiger charge is -2.19. The molecule has 0 aliphatic rings. The summed E-state index contributed by atoms with van der Waals surface area (Å²) in [4.78, 5) is 12.6. The van der Waals surface area contributed by atoms with Crippen LogP contribution >= 0.6 is 0 Å². The van der Waals surface area contributed by atoms with E-state index in [0.29, 0.717) is 12.2 Å². The summed E-state index contributed by atoms with van der Waals surface area (Å²) in [6.45, 7) is 6.33. The first-order valence-corrected chi connectivity index (χ1v) is 8.55. The van der Waals surface area contributed by atoms with Gasteiger partial charge in [0, 0.05) is 0 Å². The van der Waals surface area contributed by atoms with Crippen LogP contribution in [0.3, 0.4) is 0 Å². The number of benzene rings is 3. The molecule has 0 bridgehead atoms. The van der Waals surface area contributed by atoms with Gasteiger partial charge in [-0.1, -0.05) is 60.7 Å². The zero-order chi connectivity index (χ0) is 17.8. The van der Waals surface area contributed by atoms with Gasteiger partial charge in [0.15, 0.2) is 0 Å². The molecule has 0 unspecified atom stereocenters. The van der Waals surface area contributed by atoms with E-state index < -0.39 is 0 Å². The highest BCUT2D eigenvalue weighted by Gasteiger charge is 2.20. The van der Waals surface area contributed by atoms with Crippen molar-refractivity contribution < 1.29 is 9.53 Å². The standard InChI is InChI=1S/C23H22O2/c1-4-25-23(24)20-15-16(2)21(18-11-7-5-8-12-18)17(3)22(20)19-13-9-6-10-14-19/h5-15H,4H2,1-3H3. The fraction of sp³-hybridized carbons (Fsp3) is 0.174. The summed E-state index contributed by atoms with van der Waals surface area (Å²) in [5.41, 5.74) is 7.11. The largest absolute Gasteiger partial charge is 0.462 e. The fourth-order valence-electron chi connectivity index (χ4n) is 3.38. The second-order valence-electron chi connectivity index (χ2n) is 6.07. The summed E-state index contributed by atoms with van der Waals surface area (Å²) >= 11 is 0. The van der Waals surface area contributed by atoms with E-state index in [9.17, 15) is 4.79 Å². The molecule has 0 fully saturated rings. The lowest BCUT2D eigenvalue weighted by Crippen LogP contribution is -2.09. The van der Waals surface area contributed by atoms with E-state index in [0.717, 1.165) is 27.8 Å². The van der Waals surface area contributed by atoms with E-state index in [2.05, 4.69) is 19.1 Å². The highest BCUT2D eigenvalue weighted by Crippen LogP contribution is 2.37. The molecule has 0 N–H and O–H groups in total. The van der Waals surface area contributed by atoms with Gasteiger partial charge in [-0.05, 0) is 60.2 Å². The summed E-state index contributed by atoms with van der Waals surface area (Å²) in [6.07, 6.45) is 0. The first-order valence-electron chi connectivity index (χ1n) is 8.55. The minimum atomic E-state index is -0.271. The average molecular weight is 330 g/mol. The van der Waals surface area contributed by atoms with E-state index in [-0.39, 0.29) is 5.97 Å². The van der Waals surface area contributed by atoms with Crippen LogP contribution in [0.4, 0.5) is 0 Å². The lowest BCUT2D eigenvalue weighted by atomic mass is 9.86. The molecule has 2 heteroatoms. The number of rotatable bonds is 4. The number of carbonyl (C=O) groups is 1. The van der Waals surface area contributed by atoms with Gasteiger partial charge >= 0.3 is 5.97 Å². The van der Waals surface area contributed by atoms with Crippen molar-refractivity contribution >= 4 is 5.97 Å². The van der Waals surface area contributed by atoms with Crippen molar-refractivity contribution in [3.05, 3.63) is 83.4 Å². The molecule has 0 atom stereocenters. The normalized spacial score (nSPS) is 10.5. The van der Waals surface area contributed by atoms with E-state index in [4.69, 9.17) is 4.74 Å². The lowest BCUT2D eigenvalue weighted by molar-refractivity contribution is 0.0527. The number of ether oxygens (including phenoxy) is 1. The van der Waals surface area contributed by atoms with Crippen molar-refractivity contribution in [2.75, 3.05) is 6.61 Å². The van der Waals surface area contributed by atoms with Gasteiger partial charge in [-0.3, -0.25) is 0 Å². The minimum absolute atomic E-state index is 0.271. The van der Waals surface area contributed by atoms with Crippen LogP contribution in [0.5, 0.6) is 0 Å². The maximum atomic E-state index is 12.6. The maximum Gasteiger partial charge on any atom is 0.338 e. The predicted molar refractivity (Wildman–Crippen MR) is 103 cm³/mol. The van der Waals surface area contributed by atoms with Crippen molar-refractivity contribution in [1.29, 1.82) is 0 Å². The second kappa shape index (κ2) is 7.35. The molecule has 126 valence electrons. The van der Waals surface area contributed by atoms with Crippen molar-refractivity contribution in [3.63, 3.8) is 0 Å². The molecule has 0 spiro atoms. The molecule has 25 heavy (non-hydrogen) atoms. The third-order valence-corrected chi connectivity index (χ3v) is 4.39. The van der Waals surface area contributed by atoms with Crippen LogP contribution in [0, 0.1) is 13.8 Å². The molecule has 0 heterocycles. The van der Waals surface area contributed by atoms with Crippen molar-refractivity contribution in [2.45, 2.75) is 20.8 Å². The predicted octanol–water partition coefficient (Wildman–Crippen LogP) is 5.81. The van der Waals surface area contributed by atoms with Crippen LogP contribution in [0.15, 0.2) is 66.7 Å². The number of hydrogen-bond donors (Lipinski definition) is 0. The number of aryl methyl sites for hydroxylation is 1. The van der Waals surface area contributed by atoms with Crippen LogP contribution < -0.4 is 0 Å². The average Bonchev–Trinajstić information content (AvgIpc) is 2.63. The van der Waals surface area contributed by atoms with Crippen molar-refractivity contribution in [2.24, 2.45) is 0 Å². The molecule has 0 aromatic heterocycles. The number of esters is 1. The molecule has 0 radical (unpaired) electrons. The smallest absolute Gasteiger partial charge is 0.338 e. The number of hydrogen-bond acceptors (Lipinski definition) is 2. The van der Waals surface area contributed by atoms with Gasteiger partial charge in [-0.15, -0.1) is 0 Å². The molecule has 0 saturated carbocycles. The van der Waals surface area contributed by atoms with E-state index in [1.807, 2.05) is 68.4 Å². The third-order valence-electron chi connectivity index (χ3n) is 4.39. The van der Waals surface area contributed by atoms with E-state index >= 15 is 0 Å². The molecule has 3 aromatic rings. The molecule has 0 aliphatic carbocycles. The first-order chi connectivity index (χ1) is 12.1. The highest BCUT2D eigenvalue weighted by atomic mass is 16.5.